The van der Waals surface area contributed by atoms with E-state index in [1.165, 1.54) is 0 Å². The number of ether oxygens (including phenoxy) is 3. The van der Waals surface area contributed by atoms with Crippen LogP contribution in [0.1, 0.15) is 34.8 Å². The van der Waals surface area contributed by atoms with Crippen LogP contribution in [0.15, 0.2) is 47.6 Å². The Bertz CT molecular complexity index is 1000. The maximum atomic E-state index is 12.7. The maximum Gasteiger partial charge on any atom is 0.306 e. The van der Waals surface area contributed by atoms with Gasteiger partial charge in [0, 0.05) is 23.2 Å². The molecule has 1 amide bonds. The van der Waals surface area contributed by atoms with Crippen molar-refractivity contribution in [2.45, 2.75) is 19.8 Å². The van der Waals surface area contributed by atoms with Crippen molar-refractivity contribution in [2.24, 2.45) is 11.0 Å². The number of anilines is 1. The minimum atomic E-state index is -0.197. The van der Waals surface area contributed by atoms with Crippen molar-refractivity contribution in [3.8, 4) is 5.75 Å². The Kier molecular flexibility index (Phi) is 7.57. The van der Waals surface area contributed by atoms with Crippen LogP contribution in [0.3, 0.4) is 0 Å². The highest BCUT2D eigenvalue weighted by Crippen LogP contribution is 2.31. The van der Waals surface area contributed by atoms with Gasteiger partial charge < -0.3 is 19.5 Å². The number of esters is 1. The van der Waals surface area contributed by atoms with Crippen LogP contribution >= 0.6 is 0 Å². The van der Waals surface area contributed by atoms with Crippen LogP contribution < -0.4 is 10.1 Å². The molecule has 8 nitrogen and oxygen atoms in total. The number of carbonyl (C=O) groups is 2. The Morgan fingerprint density at radius 2 is 1.97 bits per heavy atom. The van der Waals surface area contributed by atoms with Crippen molar-refractivity contribution in [3.05, 3.63) is 59.2 Å². The first-order valence-corrected chi connectivity index (χ1v) is 11.3. The molecule has 0 spiro atoms. The summed E-state index contributed by atoms with van der Waals surface area (Å²) in [6, 6.07) is 12.9. The van der Waals surface area contributed by atoms with E-state index in [9.17, 15) is 9.59 Å². The molecule has 8 heteroatoms. The molecule has 33 heavy (non-hydrogen) atoms. The van der Waals surface area contributed by atoms with Gasteiger partial charge in [-0.3, -0.25) is 14.6 Å². The first-order valence-electron chi connectivity index (χ1n) is 11.3. The fourth-order valence-electron chi connectivity index (χ4n) is 3.84. The number of rotatable bonds is 7. The number of morpholine rings is 1. The van der Waals surface area contributed by atoms with Gasteiger partial charge in [0.05, 0.1) is 52.2 Å². The second-order valence-corrected chi connectivity index (χ2v) is 8.10. The molecule has 2 aliphatic heterocycles. The number of amides is 1. The van der Waals surface area contributed by atoms with Crippen LogP contribution in [-0.4, -0.2) is 62.6 Å². The lowest BCUT2D eigenvalue weighted by atomic mass is 9.94. The number of benzene rings is 2. The molecule has 2 aromatic rings. The first-order chi connectivity index (χ1) is 16.1. The molecule has 4 rings (SSSR count). The number of fused-ring (bicyclic) bond motifs is 1. The highest BCUT2D eigenvalue weighted by molar-refractivity contribution is 6.04. The van der Waals surface area contributed by atoms with Gasteiger partial charge in [0.1, 0.15) is 5.75 Å². The van der Waals surface area contributed by atoms with E-state index in [1.807, 2.05) is 35.3 Å². The third kappa shape index (κ3) is 6.32. The predicted molar refractivity (Wildman–Crippen MR) is 125 cm³/mol. The van der Waals surface area contributed by atoms with Crippen LogP contribution in [-0.2, 0) is 20.7 Å². The Morgan fingerprint density at radius 1 is 1.18 bits per heavy atom. The standard InChI is InChI=1S/C25H29N3O5/c1-2-32-24(29)14-19-13-21-7-8-22(15-23(21)33-17-19)27-25(30)20-5-3-18(4-6-20)16-26-28-9-11-31-12-10-28/h3-8,15-16,19H,2,9-14,17H2,1H3,(H,27,30)/b26-16+. The average Bonchev–Trinajstić information content (AvgIpc) is 2.84. The summed E-state index contributed by atoms with van der Waals surface area (Å²) in [6.45, 7) is 5.60. The van der Waals surface area contributed by atoms with E-state index < -0.39 is 0 Å². The number of hydrazone groups is 1. The van der Waals surface area contributed by atoms with Crippen molar-refractivity contribution in [3.63, 3.8) is 0 Å². The molecule has 2 heterocycles. The van der Waals surface area contributed by atoms with Gasteiger partial charge in [0.15, 0.2) is 0 Å². The molecule has 1 fully saturated rings. The normalized spacial score (nSPS) is 17.8. The summed E-state index contributed by atoms with van der Waals surface area (Å²) in [5, 5.41) is 9.35. The zero-order valence-electron chi connectivity index (χ0n) is 18.8. The predicted octanol–water partition coefficient (Wildman–Crippen LogP) is 3.11. The monoisotopic (exact) mass is 451 g/mol. The second-order valence-electron chi connectivity index (χ2n) is 8.10. The SMILES string of the molecule is CCOC(=O)CC1COc2cc(NC(=O)c3ccc(/C=N/N4CCOCC4)cc3)ccc2C1. The summed E-state index contributed by atoms with van der Waals surface area (Å²) in [4.78, 5) is 24.4. The summed E-state index contributed by atoms with van der Waals surface area (Å²) in [6.07, 6.45) is 2.89. The molecule has 1 saturated heterocycles. The molecule has 0 aliphatic carbocycles. The van der Waals surface area contributed by atoms with E-state index >= 15 is 0 Å². The second kappa shape index (κ2) is 11.0. The fraction of sp³-hybridized carbons (Fsp3) is 0.400. The average molecular weight is 452 g/mol. The van der Waals surface area contributed by atoms with E-state index in [2.05, 4.69) is 10.4 Å². The lowest BCUT2D eigenvalue weighted by Gasteiger charge is -2.25. The molecule has 0 bridgehead atoms. The Labute approximate surface area is 193 Å². The van der Waals surface area contributed by atoms with Crippen molar-refractivity contribution in [2.75, 3.05) is 44.8 Å². The number of nitrogens with one attached hydrogen (secondary N) is 1. The molecule has 174 valence electrons. The summed E-state index contributed by atoms with van der Waals surface area (Å²) < 4.78 is 16.2. The highest BCUT2D eigenvalue weighted by Gasteiger charge is 2.23. The first kappa shape index (κ1) is 22.8. The molecular weight excluding hydrogens is 422 g/mol. The summed E-state index contributed by atoms with van der Waals surface area (Å²) >= 11 is 0. The topological polar surface area (TPSA) is 89.5 Å². The smallest absolute Gasteiger partial charge is 0.306 e. The van der Waals surface area contributed by atoms with Crippen LogP contribution in [0.5, 0.6) is 5.75 Å². The summed E-state index contributed by atoms with van der Waals surface area (Å²) in [7, 11) is 0. The lowest BCUT2D eigenvalue weighted by molar-refractivity contribution is -0.144. The zero-order valence-corrected chi connectivity index (χ0v) is 18.8. The van der Waals surface area contributed by atoms with Gasteiger partial charge in [-0.05, 0) is 42.7 Å². The molecule has 1 unspecified atom stereocenters. The summed E-state index contributed by atoms with van der Waals surface area (Å²) in [5.74, 6) is 0.448. The molecule has 2 aromatic carbocycles. The van der Waals surface area contributed by atoms with E-state index in [0.29, 0.717) is 44.1 Å². The number of carbonyl (C=O) groups excluding carboxylic acids is 2. The van der Waals surface area contributed by atoms with Gasteiger partial charge in [-0.25, -0.2) is 0 Å². The van der Waals surface area contributed by atoms with Gasteiger partial charge in [-0.15, -0.1) is 0 Å². The molecule has 1 N–H and O–H groups in total. The van der Waals surface area contributed by atoms with Gasteiger partial charge in [-0.1, -0.05) is 18.2 Å². The van der Waals surface area contributed by atoms with Crippen molar-refractivity contribution in [1.29, 1.82) is 0 Å². The number of hydrogen-bond donors (Lipinski definition) is 1. The Morgan fingerprint density at radius 3 is 2.73 bits per heavy atom. The lowest BCUT2D eigenvalue weighted by Crippen LogP contribution is -2.32. The quantitative estimate of drug-likeness (QED) is 0.514. The van der Waals surface area contributed by atoms with Gasteiger partial charge in [0.2, 0.25) is 0 Å². The fourth-order valence-corrected chi connectivity index (χ4v) is 3.84. The van der Waals surface area contributed by atoms with E-state index in [0.717, 1.165) is 36.4 Å². The highest BCUT2D eigenvalue weighted by atomic mass is 16.5. The third-order valence-corrected chi connectivity index (χ3v) is 5.60. The van der Waals surface area contributed by atoms with Crippen molar-refractivity contribution < 1.29 is 23.8 Å². The van der Waals surface area contributed by atoms with Gasteiger partial charge >= 0.3 is 5.97 Å². The molecular formula is C25H29N3O5. The van der Waals surface area contributed by atoms with Gasteiger partial charge in [-0.2, -0.15) is 5.10 Å². The molecule has 1 atom stereocenters. The minimum Gasteiger partial charge on any atom is -0.493 e. The minimum absolute atomic E-state index is 0.0993. The molecule has 0 saturated carbocycles. The Hall–Kier alpha value is -3.39. The van der Waals surface area contributed by atoms with Crippen LogP contribution in [0.25, 0.3) is 0 Å². The van der Waals surface area contributed by atoms with Crippen molar-refractivity contribution >= 4 is 23.8 Å². The van der Waals surface area contributed by atoms with Crippen LogP contribution in [0.2, 0.25) is 0 Å². The summed E-state index contributed by atoms with van der Waals surface area (Å²) in [5.41, 5.74) is 3.18. The molecule has 0 aromatic heterocycles. The van der Waals surface area contributed by atoms with Crippen LogP contribution in [0.4, 0.5) is 5.69 Å². The van der Waals surface area contributed by atoms with Crippen LogP contribution in [0, 0.1) is 5.92 Å². The largest absolute Gasteiger partial charge is 0.493 e. The number of nitrogens with zero attached hydrogens (tertiary/aromatic N) is 2. The zero-order chi connectivity index (χ0) is 23.0. The van der Waals surface area contributed by atoms with E-state index in [4.69, 9.17) is 14.2 Å². The maximum absolute atomic E-state index is 12.7. The van der Waals surface area contributed by atoms with Gasteiger partial charge in [0.25, 0.3) is 5.91 Å². The van der Waals surface area contributed by atoms with Crippen molar-refractivity contribution in [1.82, 2.24) is 5.01 Å². The van der Waals surface area contributed by atoms with E-state index in [1.54, 1.807) is 25.3 Å². The van der Waals surface area contributed by atoms with E-state index in [-0.39, 0.29) is 17.8 Å². The molecule has 2 aliphatic rings. The number of hydrogen-bond acceptors (Lipinski definition) is 7. The third-order valence-electron chi connectivity index (χ3n) is 5.60. The molecule has 0 radical (unpaired) electrons. The Balaban J connectivity index is 1.32.